The van der Waals surface area contributed by atoms with E-state index in [2.05, 4.69) is 5.32 Å². The van der Waals surface area contributed by atoms with Crippen LogP contribution in [-0.4, -0.2) is 17.8 Å². The maximum Gasteiger partial charge on any atom is 0.265 e. The van der Waals surface area contributed by atoms with Crippen molar-refractivity contribution < 1.29 is 23.1 Å². The number of ketones is 1. The Bertz CT molecular complexity index is 1220. The van der Waals surface area contributed by atoms with Crippen molar-refractivity contribution in [2.24, 2.45) is 0 Å². The minimum atomic E-state index is -1.00. The number of nitrogens with one attached hydrogen (secondary N) is 1. The third kappa shape index (κ3) is 3.80. The SMILES string of the molecule is C[C@@H](Oc1ccccc1F)C(=O)Nc1c(C(=O)c2ccccc2)oc2ccccc12. The Labute approximate surface area is 172 Å². The van der Waals surface area contributed by atoms with Gasteiger partial charge in [-0.1, -0.05) is 54.6 Å². The summed E-state index contributed by atoms with van der Waals surface area (Å²) in [6.07, 6.45) is -1.00. The molecule has 0 bridgehead atoms. The van der Waals surface area contributed by atoms with E-state index in [9.17, 15) is 14.0 Å². The first-order valence-electron chi connectivity index (χ1n) is 9.38. The summed E-state index contributed by atoms with van der Waals surface area (Å²) < 4.78 is 25.1. The third-order valence-corrected chi connectivity index (χ3v) is 4.60. The Morgan fingerprint density at radius 3 is 2.37 bits per heavy atom. The summed E-state index contributed by atoms with van der Waals surface area (Å²) in [4.78, 5) is 25.8. The Kier molecular flexibility index (Phi) is 5.30. The van der Waals surface area contributed by atoms with E-state index in [4.69, 9.17) is 9.15 Å². The molecule has 3 aromatic carbocycles. The Morgan fingerprint density at radius 1 is 0.933 bits per heavy atom. The van der Waals surface area contributed by atoms with Gasteiger partial charge in [-0.3, -0.25) is 9.59 Å². The molecule has 0 aliphatic rings. The van der Waals surface area contributed by atoms with Gasteiger partial charge in [-0.2, -0.15) is 0 Å². The van der Waals surface area contributed by atoms with Gasteiger partial charge in [-0.25, -0.2) is 4.39 Å². The van der Waals surface area contributed by atoms with Crippen molar-refractivity contribution >= 4 is 28.3 Å². The lowest BCUT2D eigenvalue weighted by Crippen LogP contribution is -2.30. The number of carbonyl (C=O) groups excluding carboxylic acids is 2. The largest absolute Gasteiger partial charge is 0.478 e. The molecular weight excluding hydrogens is 385 g/mol. The highest BCUT2D eigenvalue weighted by Crippen LogP contribution is 2.32. The highest BCUT2D eigenvalue weighted by Gasteiger charge is 2.25. The normalized spacial score (nSPS) is 11.8. The van der Waals surface area contributed by atoms with Gasteiger partial charge in [0.05, 0.1) is 5.69 Å². The monoisotopic (exact) mass is 403 g/mol. The first-order chi connectivity index (χ1) is 14.5. The summed E-state index contributed by atoms with van der Waals surface area (Å²) in [5.41, 5.74) is 1.16. The van der Waals surface area contributed by atoms with Crippen molar-refractivity contribution in [3.8, 4) is 5.75 Å². The molecule has 1 N–H and O–H groups in total. The van der Waals surface area contributed by atoms with Gasteiger partial charge in [0.1, 0.15) is 5.58 Å². The van der Waals surface area contributed by atoms with Crippen LogP contribution in [0.5, 0.6) is 5.75 Å². The molecule has 30 heavy (non-hydrogen) atoms. The van der Waals surface area contributed by atoms with Crippen molar-refractivity contribution in [1.82, 2.24) is 0 Å². The zero-order chi connectivity index (χ0) is 21.1. The number of fused-ring (bicyclic) bond motifs is 1. The van der Waals surface area contributed by atoms with E-state index in [1.807, 2.05) is 0 Å². The second-order valence-corrected chi connectivity index (χ2v) is 6.68. The Morgan fingerprint density at radius 2 is 1.60 bits per heavy atom. The molecule has 4 rings (SSSR count). The van der Waals surface area contributed by atoms with E-state index in [0.29, 0.717) is 16.5 Å². The van der Waals surface area contributed by atoms with Gasteiger partial charge >= 0.3 is 0 Å². The molecule has 1 aromatic heterocycles. The molecule has 0 unspecified atom stereocenters. The summed E-state index contributed by atoms with van der Waals surface area (Å²) >= 11 is 0. The van der Waals surface area contributed by atoms with Crippen LogP contribution in [-0.2, 0) is 4.79 Å². The lowest BCUT2D eigenvalue weighted by Gasteiger charge is -2.15. The smallest absolute Gasteiger partial charge is 0.265 e. The van der Waals surface area contributed by atoms with Gasteiger partial charge in [0.15, 0.2) is 23.4 Å². The molecule has 1 amide bonds. The number of para-hydroxylation sites is 2. The van der Waals surface area contributed by atoms with E-state index in [-0.39, 0.29) is 23.0 Å². The fourth-order valence-electron chi connectivity index (χ4n) is 3.06. The topological polar surface area (TPSA) is 68.5 Å². The van der Waals surface area contributed by atoms with Crippen molar-refractivity contribution in [3.63, 3.8) is 0 Å². The molecule has 6 heteroatoms. The van der Waals surface area contributed by atoms with Gasteiger partial charge in [-0.15, -0.1) is 0 Å². The minimum Gasteiger partial charge on any atom is -0.478 e. The average Bonchev–Trinajstić information content (AvgIpc) is 3.13. The van der Waals surface area contributed by atoms with Crippen molar-refractivity contribution in [2.75, 3.05) is 5.32 Å². The van der Waals surface area contributed by atoms with E-state index in [1.165, 1.54) is 25.1 Å². The maximum absolute atomic E-state index is 13.8. The second-order valence-electron chi connectivity index (χ2n) is 6.68. The molecule has 0 fully saturated rings. The van der Waals surface area contributed by atoms with Gasteiger partial charge in [0, 0.05) is 10.9 Å². The minimum absolute atomic E-state index is 0.0221. The van der Waals surface area contributed by atoms with Gasteiger partial charge < -0.3 is 14.5 Å². The summed E-state index contributed by atoms with van der Waals surface area (Å²) in [6.45, 7) is 1.50. The van der Waals surface area contributed by atoms with Gasteiger partial charge in [0.25, 0.3) is 5.91 Å². The van der Waals surface area contributed by atoms with E-state index >= 15 is 0 Å². The van der Waals surface area contributed by atoms with Crippen LogP contribution in [0.2, 0.25) is 0 Å². The van der Waals surface area contributed by atoms with Crippen LogP contribution in [0.1, 0.15) is 23.0 Å². The molecule has 0 saturated carbocycles. The van der Waals surface area contributed by atoms with Crippen LogP contribution >= 0.6 is 0 Å². The highest BCUT2D eigenvalue weighted by atomic mass is 19.1. The number of furan rings is 1. The lowest BCUT2D eigenvalue weighted by atomic mass is 10.1. The zero-order valence-electron chi connectivity index (χ0n) is 16.1. The molecule has 1 atom stereocenters. The molecule has 0 saturated heterocycles. The number of hydrogen-bond acceptors (Lipinski definition) is 4. The lowest BCUT2D eigenvalue weighted by molar-refractivity contribution is -0.122. The van der Waals surface area contributed by atoms with Crippen LogP contribution in [0.4, 0.5) is 10.1 Å². The molecule has 0 spiro atoms. The number of amides is 1. The molecular formula is C24H18FNO4. The number of anilines is 1. The predicted molar refractivity (Wildman–Crippen MR) is 111 cm³/mol. The van der Waals surface area contributed by atoms with E-state index in [1.54, 1.807) is 60.7 Å². The van der Waals surface area contributed by atoms with Gasteiger partial charge in [0.2, 0.25) is 5.78 Å². The summed E-state index contributed by atoms with van der Waals surface area (Å²) in [5.74, 6) is -1.46. The van der Waals surface area contributed by atoms with Crippen LogP contribution in [0.3, 0.4) is 0 Å². The van der Waals surface area contributed by atoms with Crippen molar-refractivity contribution in [3.05, 3.63) is 96.0 Å². The predicted octanol–water partition coefficient (Wildman–Crippen LogP) is 5.21. The van der Waals surface area contributed by atoms with Crippen molar-refractivity contribution in [2.45, 2.75) is 13.0 Å². The fraction of sp³-hybridized carbons (Fsp3) is 0.0833. The molecule has 1 heterocycles. The van der Waals surface area contributed by atoms with Crippen LogP contribution < -0.4 is 10.1 Å². The van der Waals surface area contributed by atoms with E-state index in [0.717, 1.165) is 0 Å². The van der Waals surface area contributed by atoms with Crippen LogP contribution in [0.15, 0.2) is 83.3 Å². The molecule has 4 aromatic rings. The first kappa shape index (κ1) is 19.4. The number of halogens is 1. The number of rotatable bonds is 6. The summed E-state index contributed by atoms with van der Waals surface area (Å²) in [5, 5.41) is 3.31. The molecule has 5 nitrogen and oxygen atoms in total. The number of carbonyl (C=O) groups is 2. The number of hydrogen-bond donors (Lipinski definition) is 1. The van der Waals surface area contributed by atoms with E-state index < -0.39 is 17.8 Å². The van der Waals surface area contributed by atoms with Crippen LogP contribution in [0, 0.1) is 5.82 Å². The standard InChI is InChI=1S/C24H18FNO4/c1-15(29-20-14-8-6-12-18(20)25)24(28)26-21-17-11-5-7-13-19(17)30-23(21)22(27)16-9-3-2-4-10-16/h2-15H,1H3,(H,26,28)/t15-/m1/s1. The quantitative estimate of drug-likeness (QED) is 0.449. The summed E-state index contributed by atoms with van der Waals surface area (Å²) in [6, 6.07) is 21.5. The molecule has 0 aliphatic heterocycles. The third-order valence-electron chi connectivity index (χ3n) is 4.60. The second kappa shape index (κ2) is 8.21. The Hall–Kier alpha value is -3.93. The van der Waals surface area contributed by atoms with Gasteiger partial charge in [-0.05, 0) is 31.2 Å². The Balaban J connectivity index is 1.65. The molecule has 0 radical (unpaired) electrons. The fourth-order valence-corrected chi connectivity index (χ4v) is 3.06. The molecule has 150 valence electrons. The average molecular weight is 403 g/mol. The first-order valence-corrected chi connectivity index (χ1v) is 9.38. The van der Waals surface area contributed by atoms with Crippen molar-refractivity contribution in [1.29, 1.82) is 0 Å². The van der Waals surface area contributed by atoms with Crippen LogP contribution in [0.25, 0.3) is 11.0 Å². The zero-order valence-corrected chi connectivity index (χ0v) is 16.1. The number of ether oxygens (including phenoxy) is 1. The highest BCUT2D eigenvalue weighted by molar-refractivity contribution is 6.17. The maximum atomic E-state index is 13.8. The molecule has 0 aliphatic carbocycles. The summed E-state index contributed by atoms with van der Waals surface area (Å²) in [7, 11) is 0. The number of benzene rings is 3.